The van der Waals surface area contributed by atoms with Gasteiger partial charge in [-0.2, -0.15) is 0 Å². The van der Waals surface area contributed by atoms with E-state index in [1.165, 1.54) is 0 Å². The Bertz CT molecular complexity index is 141. The molecule has 4 heteroatoms. The lowest BCUT2D eigenvalue weighted by Crippen LogP contribution is -2.08. The molecule has 0 aliphatic rings. The molecular weight excluding hydrogens is 140 g/mol. The van der Waals surface area contributed by atoms with Gasteiger partial charge in [-0.25, -0.2) is 0 Å². The standard InChI is InChI=1S/C7H16N4/c1-4-11(3)10-9-7(2)5-6-8/h2,4-6,8H2,1,3H3/b10-9-. The maximum absolute atomic E-state index is 5.29. The molecule has 0 atom stereocenters. The number of nitrogens with zero attached hydrogens (tertiary/aromatic N) is 3. The van der Waals surface area contributed by atoms with Crippen molar-refractivity contribution in [2.75, 3.05) is 20.1 Å². The molecule has 2 N–H and O–H groups in total. The molecular formula is C7H16N4. The quantitative estimate of drug-likeness (QED) is 0.480. The molecule has 0 saturated carbocycles. The van der Waals surface area contributed by atoms with Crippen LogP contribution in [0.5, 0.6) is 0 Å². The van der Waals surface area contributed by atoms with Crippen molar-refractivity contribution in [2.24, 2.45) is 16.1 Å². The number of hydrogen-bond donors (Lipinski definition) is 1. The van der Waals surface area contributed by atoms with Crippen molar-refractivity contribution in [3.8, 4) is 0 Å². The summed E-state index contributed by atoms with van der Waals surface area (Å²) in [4.78, 5) is 0. The summed E-state index contributed by atoms with van der Waals surface area (Å²) in [5, 5.41) is 9.46. The molecule has 0 saturated heterocycles. The molecule has 0 radical (unpaired) electrons. The van der Waals surface area contributed by atoms with Gasteiger partial charge in [0, 0.05) is 20.0 Å². The molecule has 0 aliphatic carbocycles. The molecule has 0 unspecified atom stereocenters. The van der Waals surface area contributed by atoms with Crippen LogP contribution in [0.2, 0.25) is 0 Å². The molecule has 0 aromatic heterocycles. The van der Waals surface area contributed by atoms with Gasteiger partial charge in [0.25, 0.3) is 0 Å². The molecule has 0 amide bonds. The number of hydrogen-bond acceptors (Lipinski definition) is 3. The fourth-order valence-electron chi connectivity index (χ4n) is 0.419. The van der Waals surface area contributed by atoms with E-state index in [9.17, 15) is 0 Å². The Kier molecular flexibility index (Phi) is 5.37. The van der Waals surface area contributed by atoms with Crippen LogP contribution in [0.4, 0.5) is 0 Å². The Balaban J connectivity index is 3.63. The SMILES string of the molecule is C=C(CCN)/N=N\N(C)CC. The first-order chi connectivity index (χ1) is 5.20. The molecule has 0 rings (SSSR count). The summed E-state index contributed by atoms with van der Waals surface area (Å²) < 4.78 is 0. The highest BCUT2D eigenvalue weighted by Gasteiger charge is 1.89. The third kappa shape index (κ3) is 5.54. The van der Waals surface area contributed by atoms with Gasteiger partial charge in [-0.15, -0.1) is 5.11 Å². The van der Waals surface area contributed by atoms with Crippen LogP contribution in [0.25, 0.3) is 0 Å². The molecule has 0 bridgehead atoms. The van der Waals surface area contributed by atoms with E-state index in [0.717, 1.165) is 12.2 Å². The highest BCUT2D eigenvalue weighted by atomic mass is 15.5. The maximum Gasteiger partial charge on any atom is 0.0588 e. The smallest absolute Gasteiger partial charge is 0.0588 e. The third-order valence-corrected chi connectivity index (χ3v) is 1.23. The summed E-state index contributed by atoms with van der Waals surface area (Å²) in [5.41, 5.74) is 6.02. The average molecular weight is 156 g/mol. The van der Waals surface area contributed by atoms with Crippen LogP contribution in [0.1, 0.15) is 13.3 Å². The van der Waals surface area contributed by atoms with Crippen LogP contribution < -0.4 is 5.73 Å². The van der Waals surface area contributed by atoms with Crippen LogP contribution >= 0.6 is 0 Å². The number of nitrogens with two attached hydrogens (primary N) is 1. The molecule has 0 aliphatic heterocycles. The van der Waals surface area contributed by atoms with Crippen molar-refractivity contribution in [1.82, 2.24) is 5.01 Å². The minimum Gasteiger partial charge on any atom is -0.330 e. The zero-order chi connectivity index (χ0) is 8.69. The zero-order valence-corrected chi connectivity index (χ0v) is 7.25. The van der Waals surface area contributed by atoms with E-state index in [4.69, 9.17) is 5.73 Å². The topological polar surface area (TPSA) is 54.0 Å². The van der Waals surface area contributed by atoms with Gasteiger partial charge < -0.3 is 5.73 Å². The van der Waals surface area contributed by atoms with E-state index in [-0.39, 0.29) is 0 Å². The molecule has 0 aromatic carbocycles. The van der Waals surface area contributed by atoms with E-state index in [0.29, 0.717) is 13.0 Å². The summed E-state index contributed by atoms with van der Waals surface area (Å²) >= 11 is 0. The predicted molar refractivity (Wildman–Crippen MR) is 46.0 cm³/mol. The van der Waals surface area contributed by atoms with Crippen LogP contribution in [0.3, 0.4) is 0 Å². The monoisotopic (exact) mass is 156 g/mol. The lowest BCUT2D eigenvalue weighted by Gasteiger charge is -2.05. The van der Waals surface area contributed by atoms with Crippen molar-refractivity contribution in [3.05, 3.63) is 12.3 Å². The highest BCUT2D eigenvalue weighted by Crippen LogP contribution is 1.98. The fraction of sp³-hybridized carbons (Fsp3) is 0.714. The molecule has 11 heavy (non-hydrogen) atoms. The van der Waals surface area contributed by atoms with Gasteiger partial charge in [0.1, 0.15) is 0 Å². The van der Waals surface area contributed by atoms with Crippen LogP contribution in [-0.4, -0.2) is 25.1 Å². The van der Waals surface area contributed by atoms with Gasteiger partial charge in [-0.05, 0) is 13.5 Å². The van der Waals surface area contributed by atoms with Crippen LogP contribution in [0, 0.1) is 0 Å². The van der Waals surface area contributed by atoms with Gasteiger partial charge in [0.15, 0.2) is 0 Å². The van der Waals surface area contributed by atoms with E-state index < -0.39 is 0 Å². The predicted octanol–water partition coefficient (Wildman–Crippen LogP) is 1.17. The zero-order valence-electron chi connectivity index (χ0n) is 7.25. The minimum absolute atomic E-state index is 0.577. The molecule has 0 fully saturated rings. The van der Waals surface area contributed by atoms with Crippen molar-refractivity contribution in [2.45, 2.75) is 13.3 Å². The molecule has 4 nitrogen and oxygen atoms in total. The molecule has 0 heterocycles. The average Bonchev–Trinajstić information content (AvgIpc) is 2.01. The van der Waals surface area contributed by atoms with Gasteiger partial charge >= 0.3 is 0 Å². The summed E-state index contributed by atoms with van der Waals surface area (Å²) in [6.45, 7) is 7.11. The Hall–Kier alpha value is -0.900. The first-order valence-electron chi connectivity index (χ1n) is 3.71. The number of rotatable bonds is 5. The molecule has 0 spiro atoms. The summed E-state index contributed by atoms with van der Waals surface area (Å²) in [6.07, 6.45) is 0.709. The normalized spacial score (nSPS) is 10.5. The van der Waals surface area contributed by atoms with Crippen molar-refractivity contribution < 1.29 is 0 Å². The molecule has 0 aromatic rings. The first kappa shape index (κ1) is 10.1. The van der Waals surface area contributed by atoms with Crippen molar-refractivity contribution in [1.29, 1.82) is 0 Å². The van der Waals surface area contributed by atoms with Gasteiger partial charge in [-0.1, -0.05) is 11.8 Å². The van der Waals surface area contributed by atoms with Crippen molar-refractivity contribution in [3.63, 3.8) is 0 Å². The second kappa shape index (κ2) is 5.85. The lowest BCUT2D eigenvalue weighted by molar-refractivity contribution is 0.348. The van der Waals surface area contributed by atoms with Gasteiger partial charge in [0.2, 0.25) is 0 Å². The fourth-order valence-corrected chi connectivity index (χ4v) is 0.419. The van der Waals surface area contributed by atoms with E-state index in [2.05, 4.69) is 16.9 Å². The maximum atomic E-state index is 5.29. The van der Waals surface area contributed by atoms with Crippen LogP contribution in [0.15, 0.2) is 22.6 Å². The largest absolute Gasteiger partial charge is 0.330 e. The Morgan fingerprint density at radius 3 is 2.73 bits per heavy atom. The van der Waals surface area contributed by atoms with E-state index >= 15 is 0 Å². The van der Waals surface area contributed by atoms with Crippen LogP contribution in [-0.2, 0) is 0 Å². The Morgan fingerprint density at radius 1 is 1.64 bits per heavy atom. The summed E-state index contributed by atoms with van der Waals surface area (Å²) in [7, 11) is 1.86. The second-order valence-corrected chi connectivity index (χ2v) is 2.27. The Morgan fingerprint density at radius 2 is 2.27 bits per heavy atom. The first-order valence-corrected chi connectivity index (χ1v) is 3.71. The Labute approximate surface area is 67.8 Å². The van der Waals surface area contributed by atoms with Gasteiger partial charge in [-0.3, -0.25) is 5.01 Å². The van der Waals surface area contributed by atoms with E-state index in [1.807, 2.05) is 14.0 Å². The summed E-state index contributed by atoms with van der Waals surface area (Å²) in [5.74, 6) is 0. The lowest BCUT2D eigenvalue weighted by atomic mass is 10.4. The minimum atomic E-state index is 0.577. The van der Waals surface area contributed by atoms with Crippen molar-refractivity contribution >= 4 is 0 Å². The van der Waals surface area contributed by atoms with Gasteiger partial charge in [0.05, 0.1) is 5.70 Å². The van der Waals surface area contributed by atoms with E-state index in [1.54, 1.807) is 5.01 Å². The highest BCUT2D eigenvalue weighted by molar-refractivity contribution is 4.89. The summed E-state index contributed by atoms with van der Waals surface area (Å²) in [6, 6.07) is 0. The molecule has 64 valence electrons. The third-order valence-electron chi connectivity index (χ3n) is 1.23. The second-order valence-electron chi connectivity index (χ2n) is 2.27.